The van der Waals surface area contributed by atoms with Crippen molar-refractivity contribution >= 4 is 16.9 Å². The van der Waals surface area contributed by atoms with Crippen LogP contribution in [-0.2, 0) is 4.79 Å². The number of thioether (sulfide) groups is 1. The van der Waals surface area contributed by atoms with Crippen LogP contribution in [-0.4, -0.2) is 12.2 Å². The third-order valence-electron chi connectivity index (χ3n) is 1.39. The first-order chi connectivity index (χ1) is 6.13. The van der Waals surface area contributed by atoms with E-state index in [0.717, 1.165) is 11.8 Å². The average molecular weight is 200 g/mol. The van der Waals surface area contributed by atoms with Gasteiger partial charge in [0, 0.05) is 13.0 Å². The molecule has 2 nitrogen and oxygen atoms in total. The zero-order valence-corrected chi connectivity index (χ0v) is 8.15. The smallest absolute Gasteiger partial charge is 0.190 e. The summed E-state index contributed by atoms with van der Waals surface area (Å²) in [7, 11) is 1.46. The van der Waals surface area contributed by atoms with Gasteiger partial charge in [-0.15, -0.1) is 0 Å². The zero-order chi connectivity index (χ0) is 9.84. The molecular formula is C9H9FO2S. The maximum Gasteiger partial charge on any atom is 0.190 e. The van der Waals surface area contributed by atoms with Gasteiger partial charge in [0.25, 0.3) is 0 Å². The summed E-state index contributed by atoms with van der Waals surface area (Å²) in [5.41, 5.74) is 0. The summed E-state index contributed by atoms with van der Waals surface area (Å²) in [4.78, 5) is 11.0. The summed E-state index contributed by atoms with van der Waals surface area (Å²) < 4.78 is 18.0. The molecule has 0 fully saturated rings. The maximum atomic E-state index is 13.1. The lowest BCUT2D eigenvalue weighted by Crippen LogP contribution is -1.88. The SMILES string of the molecule is COc1ccc(SC(C)=O)c(F)c1. The van der Waals surface area contributed by atoms with Crippen LogP contribution in [0.5, 0.6) is 5.75 Å². The third kappa shape index (κ3) is 2.73. The number of rotatable bonds is 2. The van der Waals surface area contributed by atoms with Crippen LogP contribution in [0.1, 0.15) is 6.92 Å². The first-order valence-corrected chi connectivity index (χ1v) is 4.47. The van der Waals surface area contributed by atoms with E-state index in [1.54, 1.807) is 6.07 Å². The summed E-state index contributed by atoms with van der Waals surface area (Å²) in [6.45, 7) is 1.40. The second kappa shape index (κ2) is 4.28. The number of carbonyl (C=O) groups excluding carboxylic acids is 1. The molecule has 0 aliphatic rings. The summed E-state index contributed by atoms with van der Waals surface area (Å²) in [6.07, 6.45) is 0. The molecule has 0 amide bonds. The van der Waals surface area contributed by atoms with Crippen LogP contribution in [0.3, 0.4) is 0 Å². The molecule has 0 radical (unpaired) electrons. The molecule has 0 aromatic heterocycles. The highest BCUT2D eigenvalue weighted by molar-refractivity contribution is 8.13. The van der Waals surface area contributed by atoms with E-state index >= 15 is 0 Å². The zero-order valence-electron chi connectivity index (χ0n) is 7.33. The van der Waals surface area contributed by atoms with Gasteiger partial charge in [-0.05, 0) is 23.9 Å². The van der Waals surface area contributed by atoms with Gasteiger partial charge in [0.1, 0.15) is 11.6 Å². The Kier molecular flexibility index (Phi) is 3.31. The van der Waals surface area contributed by atoms with Crippen molar-refractivity contribution in [3.63, 3.8) is 0 Å². The molecule has 0 unspecified atom stereocenters. The average Bonchev–Trinajstić information content (AvgIpc) is 2.08. The second-order valence-electron chi connectivity index (χ2n) is 2.39. The van der Waals surface area contributed by atoms with E-state index in [1.807, 2.05) is 0 Å². The summed E-state index contributed by atoms with van der Waals surface area (Å²) in [5, 5.41) is -0.135. The van der Waals surface area contributed by atoms with E-state index in [1.165, 1.54) is 26.2 Å². The fourth-order valence-electron chi connectivity index (χ4n) is 0.846. The normalized spacial score (nSPS) is 9.77. The van der Waals surface area contributed by atoms with Crippen molar-refractivity contribution in [1.29, 1.82) is 0 Å². The minimum atomic E-state index is -0.431. The summed E-state index contributed by atoms with van der Waals surface area (Å²) in [5.74, 6) is 0.0185. The predicted molar refractivity (Wildman–Crippen MR) is 49.5 cm³/mol. The lowest BCUT2D eigenvalue weighted by molar-refractivity contribution is -0.109. The molecule has 0 saturated heterocycles. The van der Waals surface area contributed by atoms with E-state index in [9.17, 15) is 9.18 Å². The number of methoxy groups -OCH3 is 1. The van der Waals surface area contributed by atoms with E-state index in [4.69, 9.17) is 4.74 Å². The molecular weight excluding hydrogens is 191 g/mol. The Morgan fingerprint density at radius 3 is 2.69 bits per heavy atom. The molecule has 0 saturated carbocycles. The Bertz CT molecular complexity index is 325. The molecule has 0 heterocycles. The minimum Gasteiger partial charge on any atom is -0.497 e. The Balaban J connectivity index is 2.91. The van der Waals surface area contributed by atoms with Crippen LogP contribution in [0.4, 0.5) is 4.39 Å². The maximum absolute atomic E-state index is 13.1. The molecule has 0 spiro atoms. The number of benzene rings is 1. The molecule has 0 N–H and O–H groups in total. The number of carbonyl (C=O) groups is 1. The van der Waals surface area contributed by atoms with Crippen LogP contribution in [0.15, 0.2) is 23.1 Å². The minimum absolute atomic E-state index is 0.135. The second-order valence-corrected chi connectivity index (χ2v) is 3.61. The fraction of sp³-hybridized carbons (Fsp3) is 0.222. The van der Waals surface area contributed by atoms with Gasteiger partial charge in [-0.3, -0.25) is 4.79 Å². The predicted octanol–water partition coefficient (Wildman–Crippen LogP) is 2.47. The monoisotopic (exact) mass is 200 g/mol. The first kappa shape index (κ1) is 10.1. The molecule has 0 aliphatic carbocycles. The van der Waals surface area contributed by atoms with Crippen molar-refractivity contribution < 1.29 is 13.9 Å². The topological polar surface area (TPSA) is 26.3 Å². The molecule has 0 bridgehead atoms. The summed E-state index contributed by atoms with van der Waals surface area (Å²) in [6, 6.07) is 4.40. The molecule has 4 heteroatoms. The fourth-order valence-corrected chi connectivity index (χ4v) is 1.45. The quantitative estimate of drug-likeness (QED) is 0.686. The van der Waals surface area contributed by atoms with Crippen LogP contribution in [0.2, 0.25) is 0 Å². The van der Waals surface area contributed by atoms with Crippen LogP contribution in [0, 0.1) is 5.82 Å². The van der Waals surface area contributed by atoms with Crippen molar-refractivity contribution in [3.05, 3.63) is 24.0 Å². The number of hydrogen-bond acceptors (Lipinski definition) is 3. The number of ether oxygens (including phenoxy) is 1. The Labute approximate surface area is 80.1 Å². The highest BCUT2D eigenvalue weighted by atomic mass is 32.2. The number of hydrogen-bond donors (Lipinski definition) is 0. The van der Waals surface area contributed by atoms with Crippen molar-refractivity contribution in [2.75, 3.05) is 7.11 Å². The molecule has 1 aromatic rings. The largest absolute Gasteiger partial charge is 0.497 e. The lowest BCUT2D eigenvalue weighted by Gasteiger charge is -2.02. The van der Waals surface area contributed by atoms with Gasteiger partial charge in [-0.1, -0.05) is 0 Å². The van der Waals surface area contributed by atoms with Crippen LogP contribution < -0.4 is 4.74 Å². The molecule has 13 heavy (non-hydrogen) atoms. The first-order valence-electron chi connectivity index (χ1n) is 3.65. The van der Waals surface area contributed by atoms with E-state index in [-0.39, 0.29) is 5.12 Å². The van der Waals surface area contributed by atoms with Gasteiger partial charge in [0.05, 0.1) is 12.0 Å². The lowest BCUT2D eigenvalue weighted by atomic mass is 10.3. The van der Waals surface area contributed by atoms with Gasteiger partial charge in [0.2, 0.25) is 0 Å². The Hall–Kier alpha value is -1.03. The highest BCUT2D eigenvalue weighted by Gasteiger charge is 2.06. The van der Waals surface area contributed by atoms with Crippen molar-refractivity contribution in [2.45, 2.75) is 11.8 Å². The van der Waals surface area contributed by atoms with Gasteiger partial charge in [0.15, 0.2) is 5.12 Å². The summed E-state index contributed by atoms with van der Waals surface area (Å²) >= 11 is 0.875. The molecule has 0 atom stereocenters. The van der Waals surface area contributed by atoms with Gasteiger partial charge in [-0.25, -0.2) is 4.39 Å². The molecule has 0 aliphatic heterocycles. The molecule has 70 valence electrons. The van der Waals surface area contributed by atoms with E-state index in [2.05, 4.69) is 0 Å². The Morgan fingerprint density at radius 2 is 2.23 bits per heavy atom. The van der Waals surface area contributed by atoms with Gasteiger partial charge >= 0.3 is 0 Å². The third-order valence-corrected chi connectivity index (χ3v) is 2.23. The number of halogens is 1. The van der Waals surface area contributed by atoms with E-state index < -0.39 is 5.82 Å². The Morgan fingerprint density at radius 1 is 1.54 bits per heavy atom. The molecule has 1 aromatic carbocycles. The van der Waals surface area contributed by atoms with Crippen molar-refractivity contribution in [2.24, 2.45) is 0 Å². The standard InChI is InChI=1S/C9H9FO2S/c1-6(11)13-9-4-3-7(12-2)5-8(9)10/h3-5H,1-2H3. The van der Waals surface area contributed by atoms with Gasteiger partial charge < -0.3 is 4.74 Å². The van der Waals surface area contributed by atoms with Crippen molar-refractivity contribution in [1.82, 2.24) is 0 Å². The van der Waals surface area contributed by atoms with E-state index in [0.29, 0.717) is 10.6 Å². The molecule has 1 rings (SSSR count). The van der Waals surface area contributed by atoms with Crippen LogP contribution >= 0.6 is 11.8 Å². The van der Waals surface area contributed by atoms with Crippen molar-refractivity contribution in [3.8, 4) is 5.75 Å². The highest BCUT2D eigenvalue weighted by Crippen LogP contribution is 2.25. The van der Waals surface area contributed by atoms with Gasteiger partial charge in [-0.2, -0.15) is 0 Å². The van der Waals surface area contributed by atoms with Crippen LogP contribution in [0.25, 0.3) is 0 Å².